The Hall–Kier alpha value is 0.230. The summed E-state index contributed by atoms with van der Waals surface area (Å²) < 4.78 is 12.2. The molecule has 3 nitrogen and oxygen atoms in total. The van der Waals surface area contributed by atoms with Crippen molar-refractivity contribution in [2.24, 2.45) is 0 Å². The molecule has 4 heteroatoms. The minimum absolute atomic E-state index is 0.761. The summed E-state index contributed by atoms with van der Waals surface area (Å²) in [6.07, 6.45) is 0. The molecule has 0 saturated carbocycles. The second kappa shape index (κ2) is 3.29. The Balaban J connectivity index is 3.58. The standard InChI is InChI=1S/C4H11NO2S/c1-4(5-8,6-2)7-3/h5,8H,1-3H3. The Morgan fingerprint density at radius 3 is 1.75 bits per heavy atom. The number of hydrogen-bond donors (Lipinski definition) is 2. The summed E-state index contributed by atoms with van der Waals surface area (Å²) in [7, 11) is 3.07. The van der Waals surface area contributed by atoms with Crippen LogP contribution in [-0.2, 0) is 9.47 Å². The maximum Gasteiger partial charge on any atom is 0.232 e. The minimum atomic E-state index is -0.761. The van der Waals surface area contributed by atoms with E-state index in [4.69, 9.17) is 9.47 Å². The van der Waals surface area contributed by atoms with Gasteiger partial charge in [-0.1, -0.05) is 12.8 Å². The van der Waals surface area contributed by atoms with Gasteiger partial charge in [0.15, 0.2) is 0 Å². The first-order valence-corrected chi connectivity index (χ1v) is 2.65. The molecule has 50 valence electrons. The van der Waals surface area contributed by atoms with Gasteiger partial charge in [0.05, 0.1) is 0 Å². The molecule has 0 atom stereocenters. The summed E-state index contributed by atoms with van der Waals surface area (Å²) in [6.45, 7) is 1.72. The van der Waals surface area contributed by atoms with Crippen molar-refractivity contribution in [3.05, 3.63) is 0 Å². The number of rotatable bonds is 3. The average molecular weight is 137 g/mol. The van der Waals surface area contributed by atoms with Crippen LogP contribution in [0, 0.1) is 0 Å². The van der Waals surface area contributed by atoms with E-state index in [0.29, 0.717) is 0 Å². The largest absolute Gasteiger partial charge is 0.340 e. The van der Waals surface area contributed by atoms with E-state index in [1.807, 2.05) is 0 Å². The third kappa shape index (κ3) is 2.00. The Morgan fingerprint density at radius 2 is 1.75 bits per heavy atom. The highest BCUT2D eigenvalue weighted by atomic mass is 32.1. The predicted octanol–water partition coefficient (Wildman–Crippen LogP) is 0.387. The van der Waals surface area contributed by atoms with Gasteiger partial charge >= 0.3 is 0 Å². The van der Waals surface area contributed by atoms with Gasteiger partial charge in [-0.05, 0) is 0 Å². The molecule has 0 radical (unpaired) electrons. The van der Waals surface area contributed by atoms with Gasteiger partial charge in [0, 0.05) is 21.1 Å². The van der Waals surface area contributed by atoms with Crippen molar-refractivity contribution in [3.63, 3.8) is 0 Å². The van der Waals surface area contributed by atoms with Gasteiger partial charge in [0.25, 0.3) is 0 Å². The summed E-state index contributed by atoms with van der Waals surface area (Å²) in [5, 5.41) is 0. The Morgan fingerprint density at radius 1 is 1.38 bits per heavy atom. The van der Waals surface area contributed by atoms with Crippen LogP contribution in [0.4, 0.5) is 0 Å². The van der Waals surface area contributed by atoms with Gasteiger partial charge in [-0.15, -0.1) is 0 Å². The molecule has 0 heterocycles. The number of ether oxygens (including phenoxy) is 2. The van der Waals surface area contributed by atoms with E-state index in [-0.39, 0.29) is 0 Å². The van der Waals surface area contributed by atoms with Crippen molar-refractivity contribution < 1.29 is 9.47 Å². The van der Waals surface area contributed by atoms with E-state index in [1.54, 1.807) is 6.92 Å². The molecule has 0 aromatic heterocycles. The lowest BCUT2D eigenvalue weighted by molar-refractivity contribution is -0.198. The van der Waals surface area contributed by atoms with E-state index in [1.165, 1.54) is 14.2 Å². The second-order valence-corrected chi connectivity index (χ2v) is 1.69. The SMILES string of the molecule is COC(C)(NS)OC. The monoisotopic (exact) mass is 137 g/mol. The molecular formula is C4H11NO2S. The fourth-order valence-corrected chi connectivity index (χ4v) is 0.357. The highest BCUT2D eigenvalue weighted by molar-refractivity contribution is 7.78. The fraction of sp³-hybridized carbons (Fsp3) is 1.00. The molecule has 1 N–H and O–H groups in total. The molecule has 8 heavy (non-hydrogen) atoms. The summed E-state index contributed by atoms with van der Waals surface area (Å²) in [6, 6.07) is 0. The first-order chi connectivity index (χ1) is 3.68. The highest BCUT2D eigenvalue weighted by Gasteiger charge is 2.18. The molecule has 0 unspecified atom stereocenters. The molecule has 0 rings (SSSR count). The summed E-state index contributed by atoms with van der Waals surface area (Å²) in [4.78, 5) is 0. The van der Waals surface area contributed by atoms with Crippen molar-refractivity contribution in [3.8, 4) is 0 Å². The van der Waals surface area contributed by atoms with Crippen LogP contribution in [0.3, 0.4) is 0 Å². The van der Waals surface area contributed by atoms with Crippen molar-refractivity contribution >= 4 is 12.8 Å². The summed E-state index contributed by atoms with van der Waals surface area (Å²) >= 11 is 3.76. The quantitative estimate of drug-likeness (QED) is 0.435. The van der Waals surface area contributed by atoms with Gasteiger partial charge in [-0.25, -0.2) is 4.72 Å². The highest BCUT2D eigenvalue weighted by Crippen LogP contribution is 2.03. The molecule has 0 bridgehead atoms. The topological polar surface area (TPSA) is 30.5 Å². The van der Waals surface area contributed by atoms with Gasteiger partial charge in [0.2, 0.25) is 5.91 Å². The predicted molar refractivity (Wildman–Crippen MR) is 34.5 cm³/mol. The molecule has 0 aliphatic rings. The van der Waals surface area contributed by atoms with Gasteiger partial charge in [-0.2, -0.15) is 0 Å². The average Bonchev–Trinajstić information content (AvgIpc) is 1.87. The lowest BCUT2D eigenvalue weighted by atomic mass is 10.6. The van der Waals surface area contributed by atoms with Crippen LogP contribution in [0.5, 0.6) is 0 Å². The number of methoxy groups -OCH3 is 2. The summed E-state index contributed by atoms with van der Waals surface area (Å²) in [5.74, 6) is -0.761. The fourth-order valence-electron chi connectivity index (χ4n) is 0.175. The van der Waals surface area contributed by atoms with E-state index in [2.05, 4.69) is 17.5 Å². The van der Waals surface area contributed by atoms with Gasteiger partial charge in [0.1, 0.15) is 0 Å². The third-order valence-electron chi connectivity index (χ3n) is 0.982. The van der Waals surface area contributed by atoms with Gasteiger partial charge < -0.3 is 9.47 Å². The molecular weight excluding hydrogens is 126 g/mol. The number of thiol groups is 1. The molecule has 0 aliphatic heterocycles. The number of hydrogen-bond acceptors (Lipinski definition) is 4. The lowest BCUT2D eigenvalue weighted by Gasteiger charge is -2.23. The van der Waals surface area contributed by atoms with Crippen LogP contribution < -0.4 is 4.72 Å². The molecule has 0 fully saturated rings. The number of nitrogens with one attached hydrogen (secondary N) is 1. The maximum atomic E-state index is 4.83. The van der Waals surface area contributed by atoms with Crippen LogP contribution in [0.1, 0.15) is 6.92 Å². The zero-order valence-corrected chi connectivity index (χ0v) is 6.16. The third-order valence-corrected chi connectivity index (χ3v) is 1.39. The molecule has 0 spiro atoms. The zero-order chi connectivity index (χ0) is 6.62. The van der Waals surface area contributed by atoms with Crippen molar-refractivity contribution in [1.29, 1.82) is 0 Å². The van der Waals surface area contributed by atoms with Crippen LogP contribution in [0.2, 0.25) is 0 Å². The summed E-state index contributed by atoms with van der Waals surface area (Å²) in [5.41, 5.74) is 0. The van der Waals surface area contributed by atoms with Crippen LogP contribution >= 0.6 is 12.8 Å². The molecule has 0 aliphatic carbocycles. The molecule has 0 amide bonds. The normalized spacial score (nSPS) is 12.0. The van der Waals surface area contributed by atoms with E-state index >= 15 is 0 Å². The Bertz CT molecular complexity index is 56.8. The van der Waals surface area contributed by atoms with Crippen molar-refractivity contribution in [2.75, 3.05) is 14.2 Å². The first-order valence-electron chi connectivity index (χ1n) is 2.20. The maximum absolute atomic E-state index is 4.83. The smallest absolute Gasteiger partial charge is 0.232 e. The van der Waals surface area contributed by atoms with E-state index in [0.717, 1.165) is 0 Å². The van der Waals surface area contributed by atoms with Crippen molar-refractivity contribution in [2.45, 2.75) is 12.8 Å². The lowest BCUT2D eigenvalue weighted by Crippen LogP contribution is -2.40. The van der Waals surface area contributed by atoms with Crippen LogP contribution in [-0.4, -0.2) is 20.1 Å². The first kappa shape index (κ1) is 8.23. The van der Waals surface area contributed by atoms with Crippen LogP contribution in [0.15, 0.2) is 0 Å². The van der Waals surface area contributed by atoms with E-state index < -0.39 is 5.91 Å². The Labute approximate surface area is 54.9 Å². The second-order valence-electron chi connectivity index (χ2n) is 1.47. The Kier molecular flexibility index (Phi) is 3.39. The molecule has 0 aromatic carbocycles. The molecule has 0 saturated heterocycles. The van der Waals surface area contributed by atoms with Gasteiger partial charge in [-0.3, -0.25) is 0 Å². The van der Waals surface area contributed by atoms with Crippen molar-refractivity contribution in [1.82, 2.24) is 4.72 Å². The van der Waals surface area contributed by atoms with Crippen LogP contribution in [0.25, 0.3) is 0 Å². The minimum Gasteiger partial charge on any atom is -0.340 e. The van der Waals surface area contributed by atoms with E-state index in [9.17, 15) is 0 Å². The zero-order valence-electron chi connectivity index (χ0n) is 5.26. The molecule has 0 aromatic rings.